The third-order valence-corrected chi connectivity index (χ3v) is 2.50. The van der Waals surface area contributed by atoms with Crippen molar-refractivity contribution in [3.63, 3.8) is 0 Å². The number of hydrogen-bond acceptors (Lipinski definition) is 3. The topological polar surface area (TPSA) is 55.4 Å². The standard InChI is InChI=1S/C12H13NO3/c14-11(13-10-8-16-12(10)15)7-6-9-4-2-1-3-5-9/h1-5,10H,6-8H2,(H,13,14)/t10-/m1/s1. The van der Waals surface area contributed by atoms with Gasteiger partial charge in [0.05, 0.1) is 0 Å². The highest BCUT2D eigenvalue weighted by Crippen LogP contribution is 2.05. The Morgan fingerprint density at radius 2 is 2.12 bits per heavy atom. The van der Waals surface area contributed by atoms with Crippen LogP contribution in [-0.4, -0.2) is 24.5 Å². The van der Waals surface area contributed by atoms with E-state index in [0.717, 1.165) is 5.56 Å². The summed E-state index contributed by atoms with van der Waals surface area (Å²) in [6, 6.07) is 9.35. The molecule has 16 heavy (non-hydrogen) atoms. The van der Waals surface area contributed by atoms with Crippen molar-refractivity contribution >= 4 is 11.9 Å². The fourth-order valence-electron chi connectivity index (χ4n) is 1.50. The van der Waals surface area contributed by atoms with Crippen LogP contribution in [0.5, 0.6) is 0 Å². The lowest BCUT2D eigenvalue weighted by Crippen LogP contribution is -2.52. The fraction of sp³-hybridized carbons (Fsp3) is 0.333. The van der Waals surface area contributed by atoms with Crippen LogP contribution in [0.15, 0.2) is 30.3 Å². The minimum Gasteiger partial charge on any atom is -0.461 e. The number of rotatable bonds is 4. The van der Waals surface area contributed by atoms with Gasteiger partial charge in [-0.05, 0) is 12.0 Å². The third-order valence-electron chi connectivity index (χ3n) is 2.50. The maximum Gasteiger partial charge on any atom is 0.332 e. The molecule has 4 nitrogen and oxygen atoms in total. The summed E-state index contributed by atoms with van der Waals surface area (Å²) in [5.41, 5.74) is 1.12. The van der Waals surface area contributed by atoms with Gasteiger partial charge in [0.2, 0.25) is 5.91 Å². The Bertz CT molecular complexity index is 389. The molecule has 1 aliphatic heterocycles. The summed E-state index contributed by atoms with van der Waals surface area (Å²) in [6.07, 6.45) is 1.09. The van der Waals surface area contributed by atoms with Crippen molar-refractivity contribution in [3.8, 4) is 0 Å². The SMILES string of the molecule is O=C(CCc1ccccc1)N[C@@H]1COC1=O. The Morgan fingerprint density at radius 1 is 1.38 bits per heavy atom. The predicted octanol–water partition coefficient (Wildman–Crippen LogP) is 0.661. The van der Waals surface area contributed by atoms with Crippen LogP contribution in [-0.2, 0) is 20.7 Å². The van der Waals surface area contributed by atoms with Crippen molar-refractivity contribution in [1.29, 1.82) is 0 Å². The fourth-order valence-corrected chi connectivity index (χ4v) is 1.50. The van der Waals surface area contributed by atoms with Crippen molar-refractivity contribution in [2.75, 3.05) is 6.61 Å². The first-order valence-electron chi connectivity index (χ1n) is 5.25. The molecule has 0 spiro atoms. The molecule has 1 fully saturated rings. The molecule has 1 N–H and O–H groups in total. The van der Waals surface area contributed by atoms with Gasteiger partial charge in [-0.15, -0.1) is 0 Å². The lowest BCUT2D eigenvalue weighted by atomic mass is 10.1. The second kappa shape index (κ2) is 4.79. The van der Waals surface area contributed by atoms with Crippen molar-refractivity contribution in [3.05, 3.63) is 35.9 Å². The molecule has 1 atom stereocenters. The molecule has 2 rings (SSSR count). The number of carbonyl (C=O) groups is 2. The van der Waals surface area contributed by atoms with E-state index in [-0.39, 0.29) is 11.9 Å². The van der Waals surface area contributed by atoms with Crippen molar-refractivity contribution in [2.45, 2.75) is 18.9 Å². The quantitative estimate of drug-likeness (QED) is 0.757. The van der Waals surface area contributed by atoms with E-state index >= 15 is 0 Å². The van der Waals surface area contributed by atoms with Gasteiger partial charge in [0, 0.05) is 6.42 Å². The first-order valence-corrected chi connectivity index (χ1v) is 5.25. The number of cyclic esters (lactones) is 1. The number of esters is 1. The minimum atomic E-state index is -0.428. The molecule has 0 radical (unpaired) electrons. The van der Waals surface area contributed by atoms with Crippen molar-refractivity contribution in [1.82, 2.24) is 5.32 Å². The predicted molar refractivity (Wildman–Crippen MR) is 57.7 cm³/mol. The van der Waals surface area contributed by atoms with Crippen LogP contribution in [0, 0.1) is 0 Å². The van der Waals surface area contributed by atoms with Gasteiger partial charge >= 0.3 is 5.97 Å². The highest BCUT2D eigenvalue weighted by atomic mass is 16.6. The highest BCUT2D eigenvalue weighted by Gasteiger charge is 2.31. The van der Waals surface area contributed by atoms with Crippen LogP contribution in [0.3, 0.4) is 0 Å². The first kappa shape index (κ1) is 10.7. The molecule has 1 aliphatic rings. The van der Waals surface area contributed by atoms with Gasteiger partial charge in [0.1, 0.15) is 6.61 Å². The minimum absolute atomic E-state index is 0.106. The molecule has 1 saturated heterocycles. The Hall–Kier alpha value is -1.84. The third kappa shape index (κ3) is 2.59. The van der Waals surface area contributed by atoms with Crippen molar-refractivity contribution < 1.29 is 14.3 Å². The number of benzene rings is 1. The lowest BCUT2D eigenvalue weighted by molar-refractivity contribution is -0.164. The molecule has 0 aromatic heterocycles. The molecule has 0 unspecified atom stereocenters. The van der Waals surface area contributed by atoms with E-state index in [2.05, 4.69) is 10.1 Å². The van der Waals surface area contributed by atoms with E-state index in [1.807, 2.05) is 30.3 Å². The average molecular weight is 219 g/mol. The molecule has 1 heterocycles. The summed E-state index contributed by atoms with van der Waals surface area (Å²) >= 11 is 0. The summed E-state index contributed by atoms with van der Waals surface area (Å²) < 4.78 is 4.55. The van der Waals surface area contributed by atoms with Gasteiger partial charge in [-0.2, -0.15) is 0 Å². The van der Waals surface area contributed by atoms with Gasteiger partial charge in [-0.3, -0.25) is 4.79 Å². The second-order valence-corrected chi connectivity index (χ2v) is 3.74. The van der Waals surface area contributed by atoms with Crippen LogP contribution in [0.2, 0.25) is 0 Å². The van der Waals surface area contributed by atoms with Crippen molar-refractivity contribution in [2.24, 2.45) is 0 Å². The zero-order chi connectivity index (χ0) is 11.4. The molecule has 0 bridgehead atoms. The van der Waals surface area contributed by atoms with E-state index in [0.29, 0.717) is 19.4 Å². The normalized spacial score (nSPS) is 18.5. The zero-order valence-electron chi connectivity index (χ0n) is 8.81. The number of aryl methyl sites for hydroxylation is 1. The lowest BCUT2D eigenvalue weighted by Gasteiger charge is -2.25. The smallest absolute Gasteiger partial charge is 0.332 e. The van der Waals surface area contributed by atoms with Crippen LogP contribution in [0.4, 0.5) is 0 Å². The van der Waals surface area contributed by atoms with Gasteiger partial charge in [0.25, 0.3) is 0 Å². The summed E-state index contributed by atoms with van der Waals surface area (Å²) in [5, 5.41) is 2.62. The Balaban J connectivity index is 1.74. The number of ether oxygens (including phenoxy) is 1. The van der Waals surface area contributed by atoms with Crippen LogP contribution in [0.25, 0.3) is 0 Å². The molecule has 1 aromatic rings. The van der Waals surface area contributed by atoms with E-state index < -0.39 is 6.04 Å². The summed E-state index contributed by atoms with van der Waals surface area (Å²) in [6.45, 7) is 0.301. The van der Waals surface area contributed by atoms with E-state index in [4.69, 9.17) is 0 Å². The molecular formula is C12H13NO3. The molecule has 0 saturated carbocycles. The summed E-state index contributed by atoms with van der Waals surface area (Å²) in [7, 11) is 0. The number of amides is 1. The van der Waals surface area contributed by atoms with Gasteiger partial charge < -0.3 is 10.1 Å². The molecule has 1 amide bonds. The maximum absolute atomic E-state index is 11.4. The zero-order valence-corrected chi connectivity index (χ0v) is 8.81. The Labute approximate surface area is 93.6 Å². The summed E-state index contributed by atoms with van der Waals surface area (Å²) in [5.74, 6) is -0.446. The van der Waals surface area contributed by atoms with Gasteiger partial charge in [-0.25, -0.2) is 4.79 Å². The van der Waals surface area contributed by atoms with Crippen LogP contribution >= 0.6 is 0 Å². The monoisotopic (exact) mass is 219 g/mol. The molecule has 4 heteroatoms. The molecule has 1 aromatic carbocycles. The van der Waals surface area contributed by atoms with Crippen LogP contribution < -0.4 is 5.32 Å². The number of carbonyl (C=O) groups excluding carboxylic acids is 2. The highest BCUT2D eigenvalue weighted by molar-refractivity contribution is 5.87. The summed E-state index contributed by atoms with van der Waals surface area (Å²) in [4.78, 5) is 22.2. The molecule has 84 valence electrons. The second-order valence-electron chi connectivity index (χ2n) is 3.74. The molecule has 0 aliphatic carbocycles. The maximum atomic E-state index is 11.4. The largest absolute Gasteiger partial charge is 0.461 e. The van der Waals surface area contributed by atoms with E-state index in [1.165, 1.54) is 0 Å². The van der Waals surface area contributed by atoms with Gasteiger partial charge in [0.15, 0.2) is 6.04 Å². The first-order chi connectivity index (χ1) is 7.75. The average Bonchev–Trinajstić information content (AvgIpc) is 2.33. The van der Waals surface area contributed by atoms with Crippen LogP contribution in [0.1, 0.15) is 12.0 Å². The number of hydrogen-bond donors (Lipinski definition) is 1. The van der Waals surface area contributed by atoms with E-state index in [1.54, 1.807) is 0 Å². The Morgan fingerprint density at radius 3 is 2.69 bits per heavy atom. The Kier molecular flexibility index (Phi) is 3.19. The van der Waals surface area contributed by atoms with Gasteiger partial charge in [-0.1, -0.05) is 30.3 Å². The number of nitrogens with one attached hydrogen (secondary N) is 1. The molecular weight excluding hydrogens is 206 g/mol. The van der Waals surface area contributed by atoms with E-state index in [9.17, 15) is 9.59 Å².